The average Bonchev–Trinajstić information content (AvgIpc) is 2.48. The lowest BCUT2D eigenvalue weighted by Crippen LogP contribution is -2.14. The lowest BCUT2D eigenvalue weighted by Gasteiger charge is -2.24. The number of pyridine rings is 1. The van der Waals surface area contributed by atoms with Gasteiger partial charge < -0.3 is 9.84 Å². The maximum absolute atomic E-state index is 10.2. The summed E-state index contributed by atoms with van der Waals surface area (Å²) in [6.45, 7) is 2.89. The number of fused-ring (bicyclic) bond motifs is 2. The first-order chi connectivity index (χ1) is 9.81. The summed E-state index contributed by atoms with van der Waals surface area (Å²) in [5, 5.41) is 11.3. The Hall–Kier alpha value is -1.61. The third-order valence-corrected chi connectivity index (χ3v) is 3.94. The van der Waals surface area contributed by atoms with Crippen molar-refractivity contribution in [1.29, 1.82) is 0 Å². The molecule has 1 N–H and O–H groups in total. The van der Waals surface area contributed by atoms with Crippen LogP contribution in [0.4, 0.5) is 0 Å². The topological polar surface area (TPSA) is 42.4 Å². The van der Waals surface area contributed by atoms with Gasteiger partial charge in [0.2, 0.25) is 0 Å². The number of benzene rings is 1. The highest BCUT2D eigenvalue weighted by Crippen LogP contribution is 2.38. The highest BCUT2D eigenvalue weighted by molar-refractivity contribution is 5.87. The van der Waals surface area contributed by atoms with Gasteiger partial charge in [0.25, 0.3) is 0 Å². The van der Waals surface area contributed by atoms with Crippen molar-refractivity contribution in [3.05, 3.63) is 35.5 Å². The molecule has 20 heavy (non-hydrogen) atoms. The summed E-state index contributed by atoms with van der Waals surface area (Å²) in [7, 11) is 0. The monoisotopic (exact) mass is 271 g/mol. The number of hydrogen-bond donors (Lipinski definition) is 1. The van der Waals surface area contributed by atoms with E-state index in [1.807, 2.05) is 18.2 Å². The van der Waals surface area contributed by atoms with Gasteiger partial charge in [-0.05, 0) is 37.8 Å². The van der Waals surface area contributed by atoms with Crippen molar-refractivity contribution in [2.75, 3.05) is 6.61 Å². The molecular weight excluding hydrogens is 250 g/mol. The molecule has 2 aromatic rings. The highest BCUT2D eigenvalue weighted by Gasteiger charge is 2.24. The summed E-state index contributed by atoms with van der Waals surface area (Å²) >= 11 is 0. The molecule has 3 heteroatoms. The second kappa shape index (κ2) is 5.80. The number of nitrogens with zero attached hydrogens (tertiary/aromatic N) is 1. The minimum atomic E-state index is -0.447. The van der Waals surface area contributed by atoms with Gasteiger partial charge in [0.1, 0.15) is 5.75 Å². The Balaban J connectivity index is 2.12. The van der Waals surface area contributed by atoms with Gasteiger partial charge in [-0.3, -0.25) is 0 Å². The van der Waals surface area contributed by atoms with Crippen molar-refractivity contribution in [3.8, 4) is 5.75 Å². The van der Waals surface area contributed by atoms with Crippen LogP contribution < -0.4 is 4.74 Å². The van der Waals surface area contributed by atoms with Crippen LogP contribution in [0.1, 0.15) is 50.0 Å². The predicted molar refractivity (Wildman–Crippen MR) is 80.0 cm³/mol. The van der Waals surface area contributed by atoms with Crippen molar-refractivity contribution in [1.82, 2.24) is 4.98 Å². The van der Waals surface area contributed by atoms with E-state index in [0.717, 1.165) is 66.6 Å². The third-order valence-electron chi connectivity index (χ3n) is 3.94. The molecular formula is C17H21NO2. The molecule has 1 aromatic heterocycles. The Morgan fingerprint density at radius 2 is 2.20 bits per heavy atom. The summed E-state index contributed by atoms with van der Waals surface area (Å²) in [6.07, 6.45) is 4.47. The lowest BCUT2D eigenvalue weighted by molar-refractivity contribution is 0.150. The van der Waals surface area contributed by atoms with E-state index >= 15 is 0 Å². The Labute approximate surface area is 119 Å². The summed E-state index contributed by atoms with van der Waals surface area (Å²) in [5.74, 6) is 0.942. The standard InChI is InChI=1S/C17H21NO2/c1-2-3-11-20-17-12-7-4-5-9-14(12)18-16-13(17)8-6-10-15(16)19/h4-5,7,9,15,19H,2-3,6,8,10-11H2,1H3. The van der Waals surface area contributed by atoms with Crippen molar-refractivity contribution < 1.29 is 9.84 Å². The number of rotatable bonds is 4. The summed E-state index contributed by atoms with van der Waals surface area (Å²) in [6, 6.07) is 8.05. The number of hydrogen-bond acceptors (Lipinski definition) is 3. The molecule has 0 aliphatic heterocycles. The van der Waals surface area contributed by atoms with E-state index in [1.54, 1.807) is 0 Å². The second-order valence-electron chi connectivity index (χ2n) is 5.43. The second-order valence-corrected chi connectivity index (χ2v) is 5.43. The molecule has 0 fully saturated rings. The average molecular weight is 271 g/mol. The molecule has 106 valence electrons. The smallest absolute Gasteiger partial charge is 0.133 e. The van der Waals surface area contributed by atoms with Crippen LogP contribution in [0, 0.1) is 0 Å². The Bertz CT molecular complexity index is 609. The van der Waals surface area contributed by atoms with Gasteiger partial charge in [-0.15, -0.1) is 0 Å². The molecule has 0 spiro atoms. The van der Waals surface area contributed by atoms with Crippen LogP contribution in [0.25, 0.3) is 10.9 Å². The maximum atomic E-state index is 10.2. The molecule has 0 saturated carbocycles. The zero-order valence-electron chi connectivity index (χ0n) is 11.9. The van der Waals surface area contributed by atoms with E-state index in [4.69, 9.17) is 4.74 Å². The fourth-order valence-electron chi connectivity index (χ4n) is 2.85. The largest absolute Gasteiger partial charge is 0.493 e. The predicted octanol–water partition coefficient (Wildman–Crippen LogP) is 3.78. The first-order valence-corrected chi connectivity index (χ1v) is 7.53. The molecule has 3 nitrogen and oxygen atoms in total. The van der Waals surface area contributed by atoms with Crippen molar-refractivity contribution in [3.63, 3.8) is 0 Å². The first kappa shape index (κ1) is 13.4. The number of para-hydroxylation sites is 1. The molecule has 0 amide bonds. The van der Waals surface area contributed by atoms with Crippen LogP contribution in [0.3, 0.4) is 0 Å². The SMILES string of the molecule is CCCCOc1c2c(nc3ccccc13)C(O)CCC2. The molecule has 0 saturated heterocycles. The Morgan fingerprint density at radius 3 is 3.05 bits per heavy atom. The van der Waals surface area contributed by atoms with E-state index in [1.165, 1.54) is 0 Å². The molecule has 1 aliphatic rings. The van der Waals surface area contributed by atoms with Gasteiger partial charge in [-0.2, -0.15) is 0 Å². The Kier molecular flexibility index (Phi) is 3.88. The molecule has 0 bridgehead atoms. The van der Waals surface area contributed by atoms with Crippen molar-refractivity contribution in [2.45, 2.75) is 45.1 Å². The van der Waals surface area contributed by atoms with Gasteiger partial charge in [-0.25, -0.2) is 4.98 Å². The number of aliphatic hydroxyl groups excluding tert-OH is 1. The van der Waals surface area contributed by atoms with Crippen molar-refractivity contribution >= 4 is 10.9 Å². The summed E-state index contributed by atoms with van der Waals surface area (Å²) in [4.78, 5) is 4.66. The Morgan fingerprint density at radius 1 is 1.35 bits per heavy atom. The van der Waals surface area contributed by atoms with Gasteiger partial charge in [0, 0.05) is 10.9 Å². The minimum absolute atomic E-state index is 0.447. The molecule has 1 aliphatic carbocycles. The first-order valence-electron chi connectivity index (χ1n) is 7.53. The van der Waals surface area contributed by atoms with Crippen LogP contribution in [0.15, 0.2) is 24.3 Å². The van der Waals surface area contributed by atoms with E-state index in [-0.39, 0.29) is 0 Å². The highest BCUT2D eigenvalue weighted by atomic mass is 16.5. The normalized spacial score (nSPS) is 18.0. The lowest BCUT2D eigenvalue weighted by atomic mass is 9.91. The van der Waals surface area contributed by atoms with Gasteiger partial charge in [0.05, 0.1) is 23.9 Å². The number of aliphatic hydroxyl groups is 1. The van der Waals surface area contributed by atoms with E-state index < -0.39 is 6.10 Å². The summed E-state index contributed by atoms with van der Waals surface area (Å²) in [5.41, 5.74) is 2.85. The van der Waals surface area contributed by atoms with Crippen LogP contribution in [-0.4, -0.2) is 16.7 Å². The molecule has 1 unspecified atom stereocenters. The maximum Gasteiger partial charge on any atom is 0.133 e. The molecule has 1 heterocycles. The van der Waals surface area contributed by atoms with Crippen LogP contribution in [0.5, 0.6) is 5.75 Å². The van der Waals surface area contributed by atoms with E-state index in [0.29, 0.717) is 0 Å². The number of ether oxygens (including phenoxy) is 1. The summed E-state index contributed by atoms with van der Waals surface area (Å²) < 4.78 is 6.06. The van der Waals surface area contributed by atoms with Crippen LogP contribution in [-0.2, 0) is 6.42 Å². The minimum Gasteiger partial charge on any atom is -0.493 e. The van der Waals surface area contributed by atoms with Gasteiger partial charge >= 0.3 is 0 Å². The quantitative estimate of drug-likeness (QED) is 0.860. The van der Waals surface area contributed by atoms with Gasteiger partial charge in [0.15, 0.2) is 0 Å². The zero-order chi connectivity index (χ0) is 13.9. The molecule has 3 rings (SSSR count). The fraction of sp³-hybridized carbons (Fsp3) is 0.471. The van der Waals surface area contributed by atoms with Crippen LogP contribution in [0.2, 0.25) is 0 Å². The van der Waals surface area contributed by atoms with E-state index in [9.17, 15) is 5.11 Å². The number of unbranched alkanes of at least 4 members (excludes halogenated alkanes) is 1. The molecule has 1 aromatic carbocycles. The third kappa shape index (κ3) is 2.38. The fourth-order valence-corrected chi connectivity index (χ4v) is 2.85. The molecule has 1 atom stereocenters. The van der Waals surface area contributed by atoms with Crippen LogP contribution >= 0.6 is 0 Å². The number of aromatic nitrogens is 1. The van der Waals surface area contributed by atoms with E-state index in [2.05, 4.69) is 18.0 Å². The molecule has 0 radical (unpaired) electrons. The zero-order valence-corrected chi connectivity index (χ0v) is 11.9. The van der Waals surface area contributed by atoms with Crippen molar-refractivity contribution in [2.24, 2.45) is 0 Å². The van der Waals surface area contributed by atoms with Gasteiger partial charge in [-0.1, -0.05) is 25.5 Å².